The number of hydrogen-bond donors (Lipinski definition) is 1. The van der Waals surface area contributed by atoms with Crippen LogP contribution in [0.4, 0.5) is 5.82 Å². The van der Waals surface area contributed by atoms with Crippen molar-refractivity contribution in [3.05, 3.63) is 76.2 Å². The Kier molecular flexibility index (Phi) is 6.33. The third-order valence-corrected chi connectivity index (χ3v) is 6.37. The molecule has 166 valence electrons. The van der Waals surface area contributed by atoms with Crippen LogP contribution in [0.25, 0.3) is 5.69 Å². The predicted molar refractivity (Wildman–Crippen MR) is 126 cm³/mol. The van der Waals surface area contributed by atoms with E-state index in [1.807, 2.05) is 57.2 Å². The van der Waals surface area contributed by atoms with Crippen LogP contribution in [0.2, 0.25) is 5.02 Å². The monoisotopic (exact) mass is 450 g/mol. The third-order valence-electron chi connectivity index (χ3n) is 6.04. The lowest BCUT2D eigenvalue weighted by atomic mass is 9.96. The Morgan fingerprint density at radius 1 is 1.09 bits per heavy atom. The molecule has 1 aliphatic heterocycles. The zero-order valence-corrected chi connectivity index (χ0v) is 19.3. The van der Waals surface area contributed by atoms with Gasteiger partial charge < -0.3 is 14.8 Å². The molecule has 2 amide bonds. The minimum Gasteiger partial charge on any atom is -0.338 e. The second-order valence-corrected chi connectivity index (χ2v) is 8.77. The van der Waals surface area contributed by atoms with Gasteiger partial charge in [-0.3, -0.25) is 9.59 Å². The minimum atomic E-state index is -0.287. The molecule has 1 saturated heterocycles. The van der Waals surface area contributed by atoms with Crippen LogP contribution in [-0.2, 0) is 4.79 Å². The van der Waals surface area contributed by atoms with Crippen molar-refractivity contribution in [2.45, 2.75) is 33.6 Å². The van der Waals surface area contributed by atoms with Gasteiger partial charge in [0, 0.05) is 36.4 Å². The van der Waals surface area contributed by atoms with Crippen LogP contribution in [0.1, 0.15) is 40.2 Å². The molecule has 0 bridgehead atoms. The fourth-order valence-corrected chi connectivity index (χ4v) is 4.47. The molecule has 3 heterocycles. The molecule has 3 aromatic rings. The van der Waals surface area contributed by atoms with Gasteiger partial charge in [0.2, 0.25) is 5.91 Å². The number of aromatic nitrogens is 2. The van der Waals surface area contributed by atoms with Crippen LogP contribution in [0.3, 0.4) is 0 Å². The molecular weight excluding hydrogens is 424 g/mol. The van der Waals surface area contributed by atoms with E-state index in [4.69, 9.17) is 11.6 Å². The molecule has 32 heavy (non-hydrogen) atoms. The number of hydrogen-bond acceptors (Lipinski definition) is 3. The summed E-state index contributed by atoms with van der Waals surface area (Å²) in [5.74, 6) is 0.0210. The molecule has 1 N–H and O–H groups in total. The number of rotatable bonds is 4. The largest absolute Gasteiger partial charge is 0.338 e. The van der Waals surface area contributed by atoms with Crippen molar-refractivity contribution in [2.75, 3.05) is 18.4 Å². The molecule has 1 fully saturated rings. The van der Waals surface area contributed by atoms with Crippen molar-refractivity contribution < 1.29 is 9.59 Å². The molecule has 7 heteroatoms. The topological polar surface area (TPSA) is 67.2 Å². The Hall–Kier alpha value is -3.12. The highest BCUT2D eigenvalue weighted by atomic mass is 35.5. The number of benzene rings is 1. The van der Waals surface area contributed by atoms with Crippen molar-refractivity contribution >= 4 is 29.2 Å². The van der Waals surface area contributed by atoms with Gasteiger partial charge >= 0.3 is 0 Å². The van der Waals surface area contributed by atoms with Gasteiger partial charge in [-0.1, -0.05) is 17.7 Å². The summed E-state index contributed by atoms with van der Waals surface area (Å²) in [6.07, 6.45) is 3.15. The highest BCUT2D eigenvalue weighted by Gasteiger charge is 2.30. The first-order chi connectivity index (χ1) is 15.3. The van der Waals surface area contributed by atoms with Crippen LogP contribution >= 0.6 is 11.6 Å². The Bertz CT molecular complexity index is 1150. The van der Waals surface area contributed by atoms with E-state index in [2.05, 4.69) is 14.9 Å². The number of amides is 2. The Morgan fingerprint density at radius 2 is 1.84 bits per heavy atom. The number of halogens is 1. The lowest BCUT2D eigenvalue weighted by molar-refractivity contribution is -0.121. The number of carbonyl (C=O) groups is 2. The van der Waals surface area contributed by atoms with Gasteiger partial charge in [-0.2, -0.15) is 0 Å². The maximum Gasteiger partial charge on any atom is 0.255 e. The Labute approximate surface area is 193 Å². The van der Waals surface area contributed by atoms with E-state index < -0.39 is 0 Å². The number of nitrogens with one attached hydrogen (secondary N) is 1. The lowest BCUT2D eigenvalue weighted by Gasteiger charge is -2.32. The summed E-state index contributed by atoms with van der Waals surface area (Å²) in [5.41, 5.74) is 4.43. The number of aryl methyl sites for hydroxylation is 3. The highest BCUT2D eigenvalue weighted by molar-refractivity contribution is 6.33. The summed E-state index contributed by atoms with van der Waals surface area (Å²) in [6, 6.07) is 13.3. The van der Waals surface area contributed by atoms with E-state index in [9.17, 15) is 9.59 Å². The van der Waals surface area contributed by atoms with Crippen molar-refractivity contribution in [3.63, 3.8) is 0 Å². The first kappa shape index (κ1) is 22.1. The van der Waals surface area contributed by atoms with Crippen LogP contribution in [0.15, 0.2) is 48.7 Å². The first-order valence-corrected chi connectivity index (χ1v) is 11.2. The third kappa shape index (κ3) is 4.41. The first-order valence-electron chi connectivity index (χ1n) is 10.8. The van der Waals surface area contributed by atoms with Crippen LogP contribution in [0, 0.1) is 26.7 Å². The number of piperidine rings is 1. The normalized spacial score (nSPS) is 16.1. The molecular formula is C25H27ClN4O2. The number of likely N-dealkylation sites (tertiary alicyclic amines) is 1. The van der Waals surface area contributed by atoms with E-state index in [0.29, 0.717) is 29.5 Å². The molecule has 0 radical (unpaired) electrons. The van der Waals surface area contributed by atoms with Gasteiger partial charge in [0.1, 0.15) is 5.82 Å². The summed E-state index contributed by atoms with van der Waals surface area (Å²) in [5, 5.41) is 3.33. The number of nitrogens with zero attached hydrogens (tertiary/aromatic N) is 3. The molecule has 0 aliphatic carbocycles. The maximum absolute atomic E-state index is 13.4. The lowest BCUT2D eigenvalue weighted by Crippen LogP contribution is -2.44. The quantitative estimate of drug-likeness (QED) is 0.612. The second kappa shape index (κ2) is 9.17. The molecule has 0 spiro atoms. The Morgan fingerprint density at radius 3 is 2.56 bits per heavy atom. The number of anilines is 1. The molecule has 0 saturated carbocycles. The van der Waals surface area contributed by atoms with Crippen LogP contribution < -0.4 is 5.32 Å². The second-order valence-electron chi connectivity index (χ2n) is 8.36. The highest BCUT2D eigenvalue weighted by Crippen LogP contribution is 2.27. The smallest absolute Gasteiger partial charge is 0.255 e. The molecule has 1 aliphatic rings. The van der Waals surface area contributed by atoms with Gasteiger partial charge in [0.25, 0.3) is 5.91 Å². The zero-order valence-electron chi connectivity index (χ0n) is 18.6. The molecule has 1 atom stereocenters. The van der Waals surface area contributed by atoms with Crippen molar-refractivity contribution in [2.24, 2.45) is 5.92 Å². The van der Waals surface area contributed by atoms with Crippen LogP contribution in [0.5, 0.6) is 0 Å². The summed E-state index contributed by atoms with van der Waals surface area (Å²) in [4.78, 5) is 32.2. The maximum atomic E-state index is 13.4. The summed E-state index contributed by atoms with van der Waals surface area (Å²) in [7, 11) is 0. The summed E-state index contributed by atoms with van der Waals surface area (Å²) in [6.45, 7) is 6.93. The standard InChI is InChI=1S/C25H27ClN4O2/c1-16-6-4-12-27-23(16)28-24(31)19-7-5-13-29(15-19)25(32)21-14-20(10-11-22(21)26)30-17(2)8-9-18(30)3/h4,6,8-12,14,19H,5,7,13,15H2,1-3H3,(H,27,28,31). The Balaban J connectivity index is 1.53. The zero-order chi connectivity index (χ0) is 22.8. The van der Waals surface area contributed by atoms with E-state index in [1.165, 1.54) is 0 Å². The molecule has 2 aromatic heterocycles. The van der Waals surface area contributed by atoms with Crippen molar-refractivity contribution in [3.8, 4) is 5.69 Å². The van der Waals surface area contributed by atoms with Gasteiger partial charge in [0.15, 0.2) is 0 Å². The predicted octanol–water partition coefficient (Wildman–Crippen LogP) is 4.94. The fraction of sp³-hybridized carbons (Fsp3) is 0.320. The SMILES string of the molecule is Cc1cccnc1NC(=O)C1CCCN(C(=O)c2cc(-n3c(C)ccc3C)ccc2Cl)C1. The van der Waals surface area contributed by atoms with E-state index in [1.54, 1.807) is 17.2 Å². The fourth-order valence-electron chi connectivity index (χ4n) is 4.27. The molecule has 1 aromatic carbocycles. The molecule has 6 nitrogen and oxygen atoms in total. The van der Waals surface area contributed by atoms with Crippen molar-refractivity contribution in [1.82, 2.24) is 14.5 Å². The summed E-state index contributed by atoms with van der Waals surface area (Å²) < 4.78 is 2.09. The molecule has 4 rings (SSSR count). The number of pyridine rings is 1. The average Bonchev–Trinajstić information content (AvgIpc) is 3.13. The van der Waals surface area contributed by atoms with E-state index >= 15 is 0 Å². The van der Waals surface area contributed by atoms with Crippen molar-refractivity contribution in [1.29, 1.82) is 0 Å². The van der Waals surface area contributed by atoms with Gasteiger partial charge in [-0.25, -0.2) is 4.98 Å². The average molecular weight is 451 g/mol. The van der Waals surface area contributed by atoms with E-state index in [0.717, 1.165) is 35.5 Å². The summed E-state index contributed by atoms with van der Waals surface area (Å²) >= 11 is 6.43. The van der Waals surface area contributed by atoms with Crippen LogP contribution in [-0.4, -0.2) is 39.4 Å². The van der Waals surface area contributed by atoms with E-state index in [-0.39, 0.29) is 17.7 Å². The number of carbonyl (C=O) groups excluding carboxylic acids is 2. The van der Waals surface area contributed by atoms with Gasteiger partial charge in [-0.15, -0.1) is 0 Å². The minimum absolute atomic E-state index is 0.109. The van der Waals surface area contributed by atoms with Gasteiger partial charge in [0.05, 0.1) is 16.5 Å². The molecule has 1 unspecified atom stereocenters. The van der Waals surface area contributed by atoms with Gasteiger partial charge in [-0.05, 0) is 75.6 Å².